The van der Waals surface area contributed by atoms with E-state index in [0.29, 0.717) is 0 Å². The average molecular weight is 647 g/mol. The number of benzene rings is 8. The number of imidazole rings is 1. The summed E-state index contributed by atoms with van der Waals surface area (Å²) in [6.07, 6.45) is 4.23. The summed E-state index contributed by atoms with van der Waals surface area (Å²) in [7, 11) is 0. The molecule has 1 aliphatic rings. The first kappa shape index (κ1) is 28.1. The summed E-state index contributed by atoms with van der Waals surface area (Å²) >= 11 is 0. The maximum absolute atomic E-state index is 5.07. The molecule has 0 amide bonds. The first-order chi connectivity index (χ1) is 25.3. The van der Waals surface area contributed by atoms with Crippen LogP contribution in [0.25, 0.3) is 105 Å². The zero-order valence-electron chi connectivity index (χ0n) is 27.7. The number of rotatable bonds is 4. The molecular weight excluding hydrogens is 617 g/mol. The van der Waals surface area contributed by atoms with E-state index in [2.05, 4.69) is 187 Å². The molecule has 0 saturated heterocycles. The van der Waals surface area contributed by atoms with Gasteiger partial charge in [0.1, 0.15) is 5.65 Å². The van der Waals surface area contributed by atoms with E-state index in [1.54, 1.807) is 0 Å². The molecule has 236 valence electrons. The number of hydrogen-bond donors (Lipinski definition) is 0. The van der Waals surface area contributed by atoms with Gasteiger partial charge in [0.2, 0.25) is 0 Å². The number of pyridine rings is 1. The van der Waals surface area contributed by atoms with Gasteiger partial charge in [-0.2, -0.15) is 0 Å². The average Bonchev–Trinajstić information content (AvgIpc) is 3.79. The summed E-state index contributed by atoms with van der Waals surface area (Å²) in [5.74, 6) is 0. The standard InChI is InChI=1S/C49H30N2/c1-3-13-34(14-4-1)44-39-18-9-10-19-40(39)45(35-15-5-2-6-16-35)48-42-27-26-36(38-20-11-21-41(46(38)42)47(44)48)32-22-24-33(25-23-32)43-30-51-29-28-31-12-7-8-17-37(31)49(51)50-43/h1-30H. The van der Waals surface area contributed by atoms with Gasteiger partial charge in [0.15, 0.2) is 0 Å². The van der Waals surface area contributed by atoms with Gasteiger partial charge in [-0.05, 0) is 88.6 Å². The molecule has 1 aliphatic carbocycles. The zero-order chi connectivity index (χ0) is 33.5. The molecule has 2 aromatic heterocycles. The van der Waals surface area contributed by atoms with Gasteiger partial charge in [0, 0.05) is 23.3 Å². The third-order valence-corrected chi connectivity index (χ3v) is 10.8. The smallest absolute Gasteiger partial charge is 0.145 e. The molecule has 0 fully saturated rings. The van der Waals surface area contributed by atoms with Crippen LogP contribution < -0.4 is 0 Å². The molecule has 10 aromatic rings. The first-order valence-corrected chi connectivity index (χ1v) is 17.6. The van der Waals surface area contributed by atoms with E-state index in [4.69, 9.17) is 4.98 Å². The van der Waals surface area contributed by atoms with Crippen molar-refractivity contribution in [1.82, 2.24) is 9.38 Å². The van der Waals surface area contributed by atoms with Gasteiger partial charge >= 0.3 is 0 Å². The lowest BCUT2D eigenvalue weighted by molar-refractivity contribution is 1.20. The molecule has 51 heavy (non-hydrogen) atoms. The lowest BCUT2D eigenvalue weighted by Gasteiger charge is -2.20. The van der Waals surface area contributed by atoms with E-state index in [0.717, 1.165) is 22.3 Å². The lowest BCUT2D eigenvalue weighted by Crippen LogP contribution is -1.93. The van der Waals surface area contributed by atoms with Gasteiger partial charge < -0.3 is 4.40 Å². The van der Waals surface area contributed by atoms with Gasteiger partial charge in [-0.25, -0.2) is 4.98 Å². The predicted molar refractivity (Wildman–Crippen MR) is 214 cm³/mol. The first-order valence-electron chi connectivity index (χ1n) is 17.6. The third kappa shape index (κ3) is 4.14. The van der Waals surface area contributed by atoms with Gasteiger partial charge in [0.05, 0.1) is 5.69 Å². The summed E-state index contributed by atoms with van der Waals surface area (Å²) in [6.45, 7) is 0. The second kappa shape index (κ2) is 10.9. The highest BCUT2D eigenvalue weighted by Gasteiger charge is 2.31. The summed E-state index contributed by atoms with van der Waals surface area (Å²) in [5.41, 5.74) is 15.8. The fraction of sp³-hybridized carbons (Fsp3) is 0. The molecule has 8 aromatic carbocycles. The second-order valence-electron chi connectivity index (χ2n) is 13.5. The minimum absolute atomic E-state index is 0.975. The quantitative estimate of drug-likeness (QED) is 0.186. The molecule has 0 N–H and O–H groups in total. The van der Waals surface area contributed by atoms with Crippen LogP contribution >= 0.6 is 0 Å². The van der Waals surface area contributed by atoms with Crippen molar-refractivity contribution in [2.45, 2.75) is 0 Å². The van der Waals surface area contributed by atoms with Gasteiger partial charge in [0.25, 0.3) is 0 Å². The highest BCUT2D eigenvalue weighted by atomic mass is 15.0. The Morgan fingerprint density at radius 3 is 1.59 bits per heavy atom. The second-order valence-corrected chi connectivity index (χ2v) is 13.5. The van der Waals surface area contributed by atoms with E-state index in [9.17, 15) is 0 Å². The van der Waals surface area contributed by atoms with E-state index < -0.39 is 0 Å². The molecule has 0 atom stereocenters. The van der Waals surface area contributed by atoms with E-state index >= 15 is 0 Å². The fourth-order valence-electron chi connectivity index (χ4n) is 8.53. The molecule has 2 heterocycles. The number of nitrogens with zero attached hydrogens (tertiary/aromatic N) is 2. The Bertz CT molecular complexity index is 2900. The van der Waals surface area contributed by atoms with Crippen LogP contribution in [0.5, 0.6) is 0 Å². The monoisotopic (exact) mass is 646 g/mol. The third-order valence-electron chi connectivity index (χ3n) is 10.8. The van der Waals surface area contributed by atoms with Crippen LogP contribution in [0.2, 0.25) is 0 Å². The van der Waals surface area contributed by atoms with Crippen LogP contribution in [0.3, 0.4) is 0 Å². The highest BCUT2D eigenvalue weighted by molar-refractivity contribution is 6.28. The molecule has 11 rings (SSSR count). The number of fused-ring (bicyclic) bond motifs is 7. The Balaban J connectivity index is 1.12. The Labute approximate surface area is 295 Å². The molecule has 0 radical (unpaired) electrons. The molecule has 0 saturated carbocycles. The topological polar surface area (TPSA) is 17.3 Å². The van der Waals surface area contributed by atoms with Crippen molar-refractivity contribution in [3.63, 3.8) is 0 Å². The summed E-state index contributed by atoms with van der Waals surface area (Å²) in [4.78, 5) is 5.07. The highest BCUT2D eigenvalue weighted by Crippen LogP contribution is 2.58. The van der Waals surface area contributed by atoms with E-state index in [1.807, 2.05) is 0 Å². The van der Waals surface area contributed by atoms with Crippen LogP contribution in [0.1, 0.15) is 0 Å². The van der Waals surface area contributed by atoms with Crippen molar-refractivity contribution in [3.05, 3.63) is 182 Å². The number of aromatic nitrogens is 2. The predicted octanol–water partition coefficient (Wildman–Crippen LogP) is 13.1. The Kier molecular flexibility index (Phi) is 5.99. The van der Waals surface area contributed by atoms with Crippen LogP contribution in [-0.2, 0) is 0 Å². The summed E-state index contributed by atoms with van der Waals surface area (Å²) < 4.78 is 2.13. The Morgan fingerprint density at radius 1 is 0.353 bits per heavy atom. The van der Waals surface area contributed by atoms with Crippen LogP contribution in [0.15, 0.2) is 182 Å². The Morgan fingerprint density at radius 2 is 0.902 bits per heavy atom. The van der Waals surface area contributed by atoms with Crippen molar-refractivity contribution in [1.29, 1.82) is 0 Å². The SMILES string of the molecule is c1ccc(-c2c3c(c(-c4ccccc4)c4ccccc24)-c2ccc(-c4ccc(-c5cn6ccc7ccccc7c6n5)cc4)c4cccc-3c24)cc1. The van der Waals surface area contributed by atoms with Gasteiger partial charge in [-0.15, -0.1) is 0 Å². The van der Waals surface area contributed by atoms with Gasteiger partial charge in [-0.3, -0.25) is 0 Å². The van der Waals surface area contributed by atoms with E-state index in [1.165, 1.54) is 82.6 Å². The van der Waals surface area contributed by atoms with Crippen molar-refractivity contribution in [3.8, 4) is 66.9 Å². The van der Waals surface area contributed by atoms with Gasteiger partial charge in [-0.1, -0.05) is 164 Å². The summed E-state index contributed by atoms with van der Waals surface area (Å²) in [6, 6.07) is 61.9. The zero-order valence-corrected chi connectivity index (χ0v) is 27.7. The molecule has 0 aliphatic heterocycles. The molecule has 2 nitrogen and oxygen atoms in total. The van der Waals surface area contributed by atoms with Crippen molar-refractivity contribution in [2.24, 2.45) is 0 Å². The maximum atomic E-state index is 5.07. The largest absolute Gasteiger partial charge is 0.306 e. The normalized spacial score (nSPS) is 11.9. The molecule has 0 bridgehead atoms. The van der Waals surface area contributed by atoms with Crippen molar-refractivity contribution < 1.29 is 0 Å². The lowest BCUT2D eigenvalue weighted by atomic mass is 9.82. The van der Waals surface area contributed by atoms with Crippen molar-refractivity contribution in [2.75, 3.05) is 0 Å². The molecular formula is C49H30N2. The molecule has 0 unspecified atom stereocenters. The maximum Gasteiger partial charge on any atom is 0.145 e. The minimum Gasteiger partial charge on any atom is -0.306 e. The summed E-state index contributed by atoms with van der Waals surface area (Å²) in [5, 5.41) is 7.52. The van der Waals surface area contributed by atoms with Crippen LogP contribution in [0, 0.1) is 0 Å². The van der Waals surface area contributed by atoms with E-state index in [-0.39, 0.29) is 0 Å². The van der Waals surface area contributed by atoms with Crippen LogP contribution in [0.4, 0.5) is 0 Å². The Hall–Kier alpha value is -6.77. The molecule has 2 heteroatoms. The fourth-order valence-corrected chi connectivity index (χ4v) is 8.53. The number of hydrogen-bond acceptors (Lipinski definition) is 1. The molecule has 0 spiro atoms. The van der Waals surface area contributed by atoms with Crippen molar-refractivity contribution >= 4 is 38.0 Å². The van der Waals surface area contributed by atoms with Crippen LogP contribution in [-0.4, -0.2) is 9.38 Å². The minimum atomic E-state index is 0.975.